The monoisotopic (exact) mass is 635 g/mol. The van der Waals surface area contributed by atoms with Gasteiger partial charge in [0, 0.05) is 79.4 Å². The fourth-order valence-electron chi connectivity index (χ4n) is 5.94. The van der Waals surface area contributed by atoms with E-state index in [-0.39, 0.29) is 16.8 Å². The number of piperazine rings is 1. The molecule has 3 heterocycles. The summed E-state index contributed by atoms with van der Waals surface area (Å²) < 4.78 is 29.2. The van der Waals surface area contributed by atoms with Crippen molar-refractivity contribution < 1.29 is 13.2 Å². The largest absolute Gasteiger partial charge is 0.369 e. The van der Waals surface area contributed by atoms with Gasteiger partial charge in [0.2, 0.25) is 0 Å². The maximum atomic E-state index is 14.0. The van der Waals surface area contributed by atoms with Crippen molar-refractivity contribution in [3.63, 3.8) is 0 Å². The van der Waals surface area contributed by atoms with Gasteiger partial charge >= 0.3 is 0 Å². The van der Waals surface area contributed by atoms with Crippen molar-refractivity contribution in [2.45, 2.75) is 38.6 Å². The van der Waals surface area contributed by atoms with Crippen LogP contribution in [0.3, 0.4) is 0 Å². The molecule has 9 heteroatoms. The van der Waals surface area contributed by atoms with E-state index in [1.165, 1.54) is 15.2 Å². The highest BCUT2D eigenvalue weighted by atomic mass is 32.2. The van der Waals surface area contributed by atoms with E-state index in [1.807, 2.05) is 39.0 Å². The molecule has 0 aliphatic carbocycles. The molecule has 0 N–H and O–H groups in total. The molecule has 3 aromatic carbocycles. The normalized spacial score (nSPS) is 14.3. The minimum absolute atomic E-state index is 0.0646. The fraction of sp³-hybridized carbons (Fsp3) is 0.297. The van der Waals surface area contributed by atoms with Crippen molar-refractivity contribution >= 4 is 32.7 Å². The maximum absolute atomic E-state index is 14.0. The molecule has 8 nitrogen and oxygen atoms in total. The summed E-state index contributed by atoms with van der Waals surface area (Å²) in [7, 11) is 0.0112. The van der Waals surface area contributed by atoms with Crippen LogP contribution in [0.2, 0.25) is 0 Å². The summed E-state index contributed by atoms with van der Waals surface area (Å²) in [5.41, 5.74) is 7.77. The topological polar surface area (TPSA) is 78.8 Å². The molecule has 0 unspecified atom stereocenters. The first kappa shape index (κ1) is 31.5. The zero-order valence-electron chi connectivity index (χ0n) is 27.4. The van der Waals surface area contributed by atoms with Crippen LogP contribution in [0, 0.1) is 13.8 Å². The van der Waals surface area contributed by atoms with E-state index >= 15 is 0 Å². The van der Waals surface area contributed by atoms with Gasteiger partial charge in [-0.1, -0.05) is 35.9 Å². The molecule has 0 radical (unpaired) electrons. The second kappa shape index (κ2) is 12.4. The van der Waals surface area contributed by atoms with E-state index in [4.69, 9.17) is 4.98 Å². The number of hydrogen-bond donors (Lipinski definition) is 0. The summed E-state index contributed by atoms with van der Waals surface area (Å²) in [6, 6.07) is 22.8. The third-order valence-electron chi connectivity index (χ3n) is 9.10. The summed E-state index contributed by atoms with van der Waals surface area (Å²) in [5.74, 6) is -0.0646. The Morgan fingerprint density at radius 2 is 1.50 bits per heavy atom. The van der Waals surface area contributed by atoms with Crippen LogP contribution in [0.25, 0.3) is 33.3 Å². The summed E-state index contributed by atoms with van der Waals surface area (Å²) >= 11 is 0. The summed E-state index contributed by atoms with van der Waals surface area (Å²) in [6.07, 6.45) is 3.40. The van der Waals surface area contributed by atoms with Crippen molar-refractivity contribution in [1.29, 1.82) is 0 Å². The predicted molar refractivity (Wildman–Crippen MR) is 186 cm³/mol. The molecule has 238 valence electrons. The number of anilines is 1. The number of aromatic nitrogens is 2. The van der Waals surface area contributed by atoms with Gasteiger partial charge in [-0.15, -0.1) is 0 Å². The molecule has 46 heavy (non-hydrogen) atoms. The van der Waals surface area contributed by atoms with E-state index in [0.29, 0.717) is 16.6 Å². The van der Waals surface area contributed by atoms with Gasteiger partial charge < -0.3 is 14.7 Å². The quantitative estimate of drug-likeness (QED) is 0.204. The Balaban J connectivity index is 1.45. The number of benzene rings is 3. The maximum Gasteiger partial charge on any atom is 0.269 e. The van der Waals surface area contributed by atoms with E-state index in [0.717, 1.165) is 54.0 Å². The molecular weight excluding hydrogens is 595 g/mol. The molecule has 2 aromatic heterocycles. The average Bonchev–Trinajstić information content (AvgIpc) is 3.44. The number of carbonyl (C=O) groups is 1. The highest BCUT2D eigenvalue weighted by molar-refractivity contribution is 7.90. The van der Waals surface area contributed by atoms with Crippen LogP contribution in [-0.4, -0.2) is 79.4 Å². The number of rotatable bonds is 7. The average molecular weight is 636 g/mol. The first-order valence-electron chi connectivity index (χ1n) is 15.7. The number of likely N-dealkylation sites (N-methyl/N-ethyl adjacent to an activating group) is 1. The lowest BCUT2D eigenvalue weighted by Crippen LogP contribution is -2.44. The number of pyridine rings is 1. The third kappa shape index (κ3) is 5.92. The first-order chi connectivity index (χ1) is 21.9. The van der Waals surface area contributed by atoms with E-state index < -0.39 is 10.0 Å². The van der Waals surface area contributed by atoms with Crippen LogP contribution >= 0.6 is 0 Å². The van der Waals surface area contributed by atoms with Gasteiger partial charge in [-0.2, -0.15) is 0 Å². The van der Waals surface area contributed by atoms with E-state index in [1.54, 1.807) is 60.7 Å². The Hall–Kier alpha value is -4.47. The minimum atomic E-state index is -3.93. The molecule has 1 amide bonds. The van der Waals surface area contributed by atoms with Gasteiger partial charge in [0.1, 0.15) is 0 Å². The highest BCUT2D eigenvalue weighted by Gasteiger charge is 2.24. The number of amides is 1. The third-order valence-corrected chi connectivity index (χ3v) is 10.8. The zero-order valence-corrected chi connectivity index (χ0v) is 28.2. The Morgan fingerprint density at radius 1 is 0.848 bits per heavy atom. The van der Waals surface area contributed by atoms with Gasteiger partial charge in [-0.3, -0.25) is 4.79 Å². The number of aryl methyl sites for hydroxylation is 2. The van der Waals surface area contributed by atoms with Crippen molar-refractivity contribution in [2.24, 2.45) is 0 Å². The van der Waals surface area contributed by atoms with E-state index in [2.05, 4.69) is 42.0 Å². The van der Waals surface area contributed by atoms with Crippen LogP contribution in [-0.2, 0) is 10.0 Å². The molecule has 1 aliphatic heterocycles. The Bertz CT molecular complexity index is 2010. The Labute approximate surface area is 271 Å². The molecule has 0 bridgehead atoms. The molecule has 0 atom stereocenters. The zero-order chi connectivity index (χ0) is 32.7. The van der Waals surface area contributed by atoms with Crippen molar-refractivity contribution in [2.75, 3.05) is 45.2 Å². The molecule has 1 fully saturated rings. The molecular formula is C37H41N5O3S. The van der Waals surface area contributed by atoms with Crippen LogP contribution in [0.4, 0.5) is 5.69 Å². The minimum Gasteiger partial charge on any atom is -0.369 e. The fourth-order valence-corrected chi connectivity index (χ4v) is 7.27. The first-order valence-corrected chi connectivity index (χ1v) is 17.1. The van der Waals surface area contributed by atoms with Gasteiger partial charge in [0.05, 0.1) is 4.90 Å². The molecule has 1 saturated heterocycles. The number of nitrogens with zero attached hydrogens (tertiary/aromatic N) is 5. The van der Waals surface area contributed by atoms with Gasteiger partial charge in [0.15, 0.2) is 5.65 Å². The van der Waals surface area contributed by atoms with Crippen LogP contribution in [0.5, 0.6) is 0 Å². The van der Waals surface area contributed by atoms with Crippen LogP contribution in [0.15, 0.2) is 90.1 Å². The SMILES string of the molecule is Cc1ccc(S(=O)(=O)n2cc(-c3ccc(C(=O)N(C)C(C)C)cc3)c3cc(-c4ccc(N5CCN(C)CC5)c(C)c4)cnc32)cc1. The second-order valence-corrected chi connectivity index (χ2v) is 14.4. The van der Waals surface area contributed by atoms with Crippen molar-refractivity contribution in [3.8, 4) is 22.3 Å². The second-order valence-electron chi connectivity index (χ2n) is 12.6. The molecule has 6 rings (SSSR count). The predicted octanol–water partition coefficient (Wildman–Crippen LogP) is 6.46. The van der Waals surface area contributed by atoms with Gasteiger partial charge in [-0.05, 0) is 93.9 Å². The lowest BCUT2D eigenvalue weighted by Gasteiger charge is -2.35. The standard InChI is InChI=1S/C37H41N5O3S/c1-25(2)40(6)37(43)29-11-9-28(10-12-29)34-24-42(46(44,45)32-14-7-26(3)8-15-32)36-33(34)22-31(23-38-36)30-13-16-35(27(4)21-30)41-19-17-39(5)18-20-41/h7-16,21-25H,17-20H2,1-6H3. The summed E-state index contributed by atoms with van der Waals surface area (Å²) in [5, 5.41) is 0.715. The van der Waals surface area contributed by atoms with E-state index in [9.17, 15) is 13.2 Å². The summed E-state index contributed by atoms with van der Waals surface area (Å²) in [6.45, 7) is 12.1. The number of carbonyl (C=O) groups excluding carboxylic acids is 1. The molecule has 0 spiro atoms. The highest BCUT2D eigenvalue weighted by Crippen LogP contribution is 2.36. The summed E-state index contributed by atoms with van der Waals surface area (Å²) in [4.78, 5) is 24.4. The number of hydrogen-bond acceptors (Lipinski definition) is 6. The van der Waals surface area contributed by atoms with Crippen molar-refractivity contribution in [1.82, 2.24) is 18.8 Å². The molecule has 1 aliphatic rings. The van der Waals surface area contributed by atoms with Crippen molar-refractivity contribution in [3.05, 3.63) is 102 Å². The lowest BCUT2D eigenvalue weighted by atomic mass is 9.99. The smallest absolute Gasteiger partial charge is 0.269 e. The van der Waals surface area contributed by atoms with Crippen LogP contribution < -0.4 is 4.90 Å². The number of fused-ring (bicyclic) bond motifs is 1. The molecule has 5 aromatic rings. The Kier molecular flexibility index (Phi) is 8.48. The van der Waals surface area contributed by atoms with Gasteiger partial charge in [0.25, 0.3) is 15.9 Å². The van der Waals surface area contributed by atoms with Crippen LogP contribution in [0.1, 0.15) is 35.3 Å². The van der Waals surface area contributed by atoms with Gasteiger partial charge in [-0.25, -0.2) is 17.4 Å². The molecule has 0 saturated carbocycles. The Morgan fingerprint density at radius 3 is 2.13 bits per heavy atom. The lowest BCUT2D eigenvalue weighted by molar-refractivity contribution is 0.0755.